The van der Waals surface area contributed by atoms with Gasteiger partial charge in [0.1, 0.15) is 0 Å². The lowest BCUT2D eigenvalue weighted by Gasteiger charge is -2.22. The van der Waals surface area contributed by atoms with Crippen molar-refractivity contribution in [2.24, 2.45) is 11.7 Å². The molecule has 0 aliphatic carbocycles. The fourth-order valence-corrected chi connectivity index (χ4v) is 3.27. The number of hydrogen-bond donors (Lipinski definition) is 3. The summed E-state index contributed by atoms with van der Waals surface area (Å²) in [7, 11) is -3.41. The van der Waals surface area contributed by atoms with E-state index in [1.165, 1.54) is 0 Å². The zero-order valence-electron chi connectivity index (χ0n) is 13.5. The van der Waals surface area contributed by atoms with E-state index in [-0.39, 0.29) is 24.3 Å². The van der Waals surface area contributed by atoms with E-state index in [1.54, 1.807) is 0 Å². The van der Waals surface area contributed by atoms with Crippen molar-refractivity contribution >= 4 is 15.9 Å². The average molecular weight is 335 g/mol. The minimum Gasteiger partial charge on any atom is -0.377 e. The van der Waals surface area contributed by atoms with Gasteiger partial charge < -0.3 is 15.8 Å². The maximum atomic E-state index is 11.9. The Labute approximate surface area is 133 Å². The Balaban J connectivity index is 2.22. The Morgan fingerprint density at radius 3 is 2.68 bits per heavy atom. The lowest BCUT2D eigenvalue weighted by Crippen LogP contribution is -2.44. The number of ether oxygens (including phenoxy) is 1. The van der Waals surface area contributed by atoms with Crippen LogP contribution >= 0.6 is 0 Å². The summed E-state index contributed by atoms with van der Waals surface area (Å²) in [5.41, 5.74) is 5.73. The number of sulfonamides is 1. The number of nitrogens with two attached hydrogens (primary N) is 1. The third kappa shape index (κ3) is 8.07. The van der Waals surface area contributed by atoms with Crippen molar-refractivity contribution in [1.29, 1.82) is 0 Å². The molecule has 0 spiro atoms. The molecule has 8 heteroatoms. The fraction of sp³-hybridized carbons (Fsp3) is 0.929. The van der Waals surface area contributed by atoms with E-state index < -0.39 is 16.1 Å². The number of hydrogen-bond acceptors (Lipinski definition) is 5. The minimum atomic E-state index is -3.41. The van der Waals surface area contributed by atoms with Crippen LogP contribution in [0.15, 0.2) is 0 Å². The standard InChI is InChI=1S/C14H29N3O4S/c1-11(2)9-13(15)14(18)16-6-8-22(19,20)17-10-12-5-3-4-7-21-12/h11-13,17H,3-10,15H2,1-2H3,(H,16,18)/t12?,13-/m0/s1. The van der Waals surface area contributed by atoms with Gasteiger partial charge in [0.25, 0.3) is 0 Å². The molecule has 0 bridgehead atoms. The Bertz CT molecular complexity index is 433. The summed E-state index contributed by atoms with van der Waals surface area (Å²) in [5.74, 6) is -0.138. The second-order valence-electron chi connectivity index (χ2n) is 6.18. The highest BCUT2D eigenvalue weighted by atomic mass is 32.2. The van der Waals surface area contributed by atoms with Crippen molar-refractivity contribution < 1.29 is 17.9 Å². The third-order valence-corrected chi connectivity index (χ3v) is 4.89. The van der Waals surface area contributed by atoms with Crippen LogP contribution in [0.1, 0.15) is 39.5 Å². The first-order valence-electron chi connectivity index (χ1n) is 7.92. The van der Waals surface area contributed by atoms with Gasteiger partial charge in [0.2, 0.25) is 15.9 Å². The largest absolute Gasteiger partial charge is 0.377 e. The van der Waals surface area contributed by atoms with Crippen LogP contribution in [0.4, 0.5) is 0 Å². The first kappa shape index (κ1) is 19.3. The smallest absolute Gasteiger partial charge is 0.236 e. The summed E-state index contributed by atoms with van der Waals surface area (Å²) in [5, 5.41) is 2.57. The molecule has 4 N–H and O–H groups in total. The van der Waals surface area contributed by atoms with E-state index in [0.717, 1.165) is 19.3 Å². The molecule has 1 amide bonds. The van der Waals surface area contributed by atoms with E-state index >= 15 is 0 Å². The molecular weight excluding hydrogens is 306 g/mol. The molecule has 0 aromatic rings. The molecule has 22 heavy (non-hydrogen) atoms. The van der Waals surface area contributed by atoms with Gasteiger partial charge in [-0.2, -0.15) is 0 Å². The van der Waals surface area contributed by atoms with Crippen molar-refractivity contribution in [3.63, 3.8) is 0 Å². The quantitative estimate of drug-likeness (QED) is 0.548. The first-order chi connectivity index (χ1) is 10.3. The van der Waals surface area contributed by atoms with Gasteiger partial charge in [-0.3, -0.25) is 4.79 Å². The number of carbonyl (C=O) groups is 1. The molecule has 1 rings (SSSR count). The van der Waals surface area contributed by atoms with E-state index in [9.17, 15) is 13.2 Å². The minimum absolute atomic E-state index is 0.0439. The Hall–Kier alpha value is -0.700. The molecule has 130 valence electrons. The SMILES string of the molecule is CC(C)C[C@H](N)C(=O)NCCS(=O)(=O)NCC1CCCCO1. The van der Waals surface area contributed by atoms with Crippen LogP contribution in [-0.4, -0.2) is 51.9 Å². The summed E-state index contributed by atoms with van der Waals surface area (Å²) in [6.07, 6.45) is 3.51. The summed E-state index contributed by atoms with van der Waals surface area (Å²) >= 11 is 0. The monoisotopic (exact) mass is 335 g/mol. The first-order valence-corrected chi connectivity index (χ1v) is 9.57. The molecule has 0 aromatic heterocycles. The topological polar surface area (TPSA) is 111 Å². The molecule has 1 aliphatic heterocycles. The predicted molar refractivity (Wildman–Crippen MR) is 85.8 cm³/mol. The third-order valence-electron chi connectivity index (χ3n) is 3.54. The lowest BCUT2D eigenvalue weighted by atomic mass is 10.0. The van der Waals surface area contributed by atoms with Gasteiger partial charge in [-0.25, -0.2) is 13.1 Å². The summed E-state index contributed by atoms with van der Waals surface area (Å²) in [6.45, 7) is 5.01. The highest BCUT2D eigenvalue weighted by Crippen LogP contribution is 2.11. The van der Waals surface area contributed by atoms with Crippen molar-refractivity contribution in [2.75, 3.05) is 25.4 Å². The van der Waals surface area contributed by atoms with Crippen LogP contribution in [-0.2, 0) is 19.6 Å². The molecule has 1 fully saturated rings. The molecule has 0 aromatic carbocycles. The van der Waals surface area contributed by atoms with Crippen LogP contribution in [0.25, 0.3) is 0 Å². The van der Waals surface area contributed by atoms with Gasteiger partial charge in [0, 0.05) is 19.7 Å². The zero-order valence-corrected chi connectivity index (χ0v) is 14.3. The van der Waals surface area contributed by atoms with Crippen LogP contribution in [0, 0.1) is 5.92 Å². The maximum absolute atomic E-state index is 11.9. The predicted octanol–water partition coefficient (Wildman–Crippen LogP) is -0.0355. The Morgan fingerprint density at radius 2 is 2.09 bits per heavy atom. The van der Waals surface area contributed by atoms with Crippen molar-refractivity contribution in [2.45, 2.75) is 51.7 Å². The summed E-state index contributed by atoms with van der Waals surface area (Å²) < 4.78 is 31.7. The number of nitrogens with one attached hydrogen (secondary N) is 2. The second kappa shape index (κ2) is 9.44. The number of carbonyl (C=O) groups excluding carboxylic acids is 1. The molecule has 1 heterocycles. The average Bonchev–Trinajstić information content (AvgIpc) is 2.45. The lowest BCUT2D eigenvalue weighted by molar-refractivity contribution is -0.122. The van der Waals surface area contributed by atoms with Gasteiger partial charge in [-0.1, -0.05) is 13.8 Å². The molecule has 7 nitrogen and oxygen atoms in total. The summed E-state index contributed by atoms with van der Waals surface area (Å²) in [6, 6.07) is -0.591. The number of amides is 1. The zero-order chi connectivity index (χ0) is 16.6. The van der Waals surface area contributed by atoms with E-state index in [4.69, 9.17) is 10.5 Å². The van der Waals surface area contributed by atoms with Crippen LogP contribution in [0.2, 0.25) is 0 Å². The highest BCUT2D eigenvalue weighted by molar-refractivity contribution is 7.89. The molecule has 0 radical (unpaired) electrons. The van der Waals surface area contributed by atoms with E-state index in [0.29, 0.717) is 25.5 Å². The Morgan fingerprint density at radius 1 is 1.36 bits per heavy atom. The molecule has 1 aliphatic rings. The molecule has 2 atom stereocenters. The van der Waals surface area contributed by atoms with Crippen molar-refractivity contribution in [3.05, 3.63) is 0 Å². The van der Waals surface area contributed by atoms with Crippen LogP contribution in [0.3, 0.4) is 0 Å². The van der Waals surface area contributed by atoms with Crippen LogP contribution in [0.5, 0.6) is 0 Å². The van der Waals surface area contributed by atoms with Gasteiger partial charge >= 0.3 is 0 Å². The molecular formula is C14H29N3O4S. The van der Waals surface area contributed by atoms with Gasteiger partial charge in [-0.05, 0) is 31.6 Å². The van der Waals surface area contributed by atoms with Gasteiger partial charge in [-0.15, -0.1) is 0 Å². The van der Waals surface area contributed by atoms with Crippen LogP contribution < -0.4 is 15.8 Å². The summed E-state index contributed by atoms with van der Waals surface area (Å²) in [4.78, 5) is 11.7. The maximum Gasteiger partial charge on any atom is 0.236 e. The van der Waals surface area contributed by atoms with Gasteiger partial charge in [0.05, 0.1) is 17.9 Å². The van der Waals surface area contributed by atoms with E-state index in [1.807, 2.05) is 13.8 Å². The molecule has 1 unspecified atom stereocenters. The van der Waals surface area contributed by atoms with Crippen molar-refractivity contribution in [1.82, 2.24) is 10.0 Å². The van der Waals surface area contributed by atoms with E-state index in [2.05, 4.69) is 10.0 Å². The fourth-order valence-electron chi connectivity index (χ4n) is 2.32. The van der Waals surface area contributed by atoms with Gasteiger partial charge in [0.15, 0.2) is 0 Å². The van der Waals surface area contributed by atoms with Crippen molar-refractivity contribution in [3.8, 4) is 0 Å². The molecule has 0 saturated carbocycles. The number of rotatable bonds is 9. The molecule has 1 saturated heterocycles. The Kier molecular flexibility index (Phi) is 8.30. The highest BCUT2D eigenvalue weighted by Gasteiger charge is 2.19. The second-order valence-corrected chi connectivity index (χ2v) is 8.11. The normalized spacial score (nSPS) is 20.8.